The summed E-state index contributed by atoms with van der Waals surface area (Å²) in [6, 6.07) is 39.1. The van der Waals surface area contributed by atoms with Gasteiger partial charge in [0.2, 0.25) is 0 Å². The maximum absolute atomic E-state index is 6.22. The van der Waals surface area contributed by atoms with E-state index >= 15 is 0 Å². The summed E-state index contributed by atoms with van der Waals surface area (Å²) in [5.74, 6) is 1.45. The van der Waals surface area contributed by atoms with E-state index in [0.29, 0.717) is 52.9 Å². The molecule has 0 aromatic heterocycles. The van der Waals surface area contributed by atoms with Crippen molar-refractivity contribution in [3.63, 3.8) is 0 Å². The summed E-state index contributed by atoms with van der Waals surface area (Å²) in [6.07, 6.45) is 0.860. The second-order valence-electron chi connectivity index (χ2n) is 9.29. The second kappa shape index (κ2) is 15.8. The third-order valence-electron chi connectivity index (χ3n) is 6.73. The number of halogens is 1. The first-order chi connectivity index (χ1) is 19.4. The molecule has 210 valence electrons. The summed E-state index contributed by atoms with van der Waals surface area (Å²) >= 11 is 0. The Morgan fingerprint density at radius 1 is 0.450 bits per heavy atom. The molecule has 0 spiro atoms. The van der Waals surface area contributed by atoms with Crippen molar-refractivity contribution in [1.82, 2.24) is 0 Å². The van der Waals surface area contributed by atoms with Crippen LogP contribution in [-0.4, -0.2) is 52.9 Å². The lowest BCUT2D eigenvalue weighted by Crippen LogP contribution is -3.00. The van der Waals surface area contributed by atoms with Gasteiger partial charge in [0.15, 0.2) is 11.5 Å². The maximum Gasteiger partial charge on any atom is 0.161 e. The molecular formula is C33H36ClO5P. The van der Waals surface area contributed by atoms with E-state index in [0.717, 1.165) is 17.7 Å². The first kappa shape index (κ1) is 30.0. The number of fused-ring (bicyclic) bond motifs is 1. The van der Waals surface area contributed by atoms with Gasteiger partial charge >= 0.3 is 0 Å². The normalized spacial score (nSPS) is 15.2. The van der Waals surface area contributed by atoms with Crippen molar-refractivity contribution in [2.75, 3.05) is 52.9 Å². The van der Waals surface area contributed by atoms with Crippen molar-refractivity contribution in [3.8, 4) is 11.5 Å². The fourth-order valence-corrected chi connectivity index (χ4v) is 9.12. The predicted octanol–water partition coefficient (Wildman–Crippen LogP) is 2.01. The summed E-state index contributed by atoms with van der Waals surface area (Å²) < 4.78 is 29.1. The van der Waals surface area contributed by atoms with Gasteiger partial charge in [-0.15, -0.1) is 0 Å². The van der Waals surface area contributed by atoms with E-state index in [9.17, 15) is 0 Å². The Morgan fingerprint density at radius 2 is 0.850 bits per heavy atom. The highest BCUT2D eigenvalue weighted by atomic mass is 35.5. The van der Waals surface area contributed by atoms with Crippen LogP contribution >= 0.6 is 7.26 Å². The molecule has 0 amide bonds. The lowest BCUT2D eigenvalue weighted by atomic mass is 10.2. The molecule has 0 aliphatic carbocycles. The first-order valence-corrected chi connectivity index (χ1v) is 15.5. The molecule has 0 bridgehead atoms. The molecule has 5 rings (SSSR count). The maximum atomic E-state index is 6.22. The second-order valence-corrected chi connectivity index (χ2v) is 12.8. The van der Waals surface area contributed by atoms with Crippen LogP contribution in [0.25, 0.3) is 0 Å². The molecule has 40 heavy (non-hydrogen) atoms. The molecule has 0 radical (unpaired) electrons. The van der Waals surface area contributed by atoms with Crippen LogP contribution in [0.4, 0.5) is 0 Å². The SMILES string of the molecule is [Cl-].c1ccc([P+](Cc2ccc3c(c2)OCCOCCOCCOCCO3)(c2ccccc2)c2ccccc2)cc1. The van der Waals surface area contributed by atoms with Gasteiger partial charge in [-0.25, -0.2) is 0 Å². The van der Waals surface area contributed by atoms with E-state index in [1.54, 1.807) is 0 Å². The lowest BCUT2D eigenvalue weighted by molar-refractivity contribution is -0.00000916. The number of hydrogen-bond donors (Lipinski definition) is 0. The lowest BCUT2D eigenvalue weighted by Gasteiger charge is -2.28. The van der Waals surface area contributed by atoms with Gasteiger partial charge in [-0.1, -0.05) is 60.7 Å². The molecule has 0 unspecified atom stereocenters. The van der Waals surface area contributed by atoms with Gasteiger partial charge in [0, 0.05) is 0 Å². The zero-order valence-electron chi connectivity index (χ0n) is 22.6. The summed E-state index contributed by atoms with van der Waals surface area (Å²) in [7, 11) is -2.03. The Balaban J connectivity index is 0.00000370. The Morgan fingerprint density at radius 3 is 1.30 bits per heavy atom. The van der Waals surface area contributed by atoms with Crippen LogP contribution in [0.15, 0.2) is 109 Å². The molecule has 4 aromatic rings. The highest BCUT2D eigenvalue weighted by Gasteiger charge is 2.45. The van der Waals surface area contributed by atoms with E-state index < -0.39 is 7.26 Å². The standard InChI is InChI=1S/C33H36O5P.ClH/c1-4-10-29(11-5-1)39(30-12-6-2-7-13-30,31-14-8-3-9-15-31)27-28-16-17-32-33(26-28)38-25-23-36-21-19-34-18-20-35-22-24-37-32;/h1-17,26H,18-25,27H2;1H/q+1;/p-1. The Kier molecular flexibility index (Phi) is 11.8. The van der Waals surface area contributed by atoms with Crippen molar-refractivity contribution in [2.45, 2.75) is 6.16 Å². The molecule has 4 aromatic carbocycles. The minimum atomic E-state index is -2.03. The van der Waals surface area contributed by atoms with Gasteiger partial charge in [-0.05, 0) is 54.1 Å². The topological polar surface area (TPSA) is 46.2 Å². The van der Waals surface area contributed by atoms with Crippen LogP contribution in [0.1, 0.15) is 5.56 Å². The van der Waals surface area contributed by atoms with E-state index in [1.165, 1.54) is 21.5 Å². The molecule has 0 saturated carbocycles. The highest BCUT2D eigenvalue weighted by Crippen LogP contribution is 2.58. The molecule has 1 aliphatic rings. The van der Waals surface area contributed by atoms with Crippen molar-refractivity contribution in [2.24, 2.45) is 0 Å². The summed E-state index contributed by atoms with van der Waals surface area (Å²) in [5.41, 5.74) is 1.20. The Bertz CT molecular complexity index is 1180. The average Bonchev–Trinajstić information content (AvgIpc) is 3.01. The summed E-state index contributed by atoms with van der Waals surface area (Å²) in [4.78, 5) is 0. The predicted molar refractivity (Wildman–Crippen MR) is 159 cm³/mol. The Labute approximate surface area is 244 Å². The summed E-state index contributed by atoms with van der Waals surface area (Å²) in [6.45, 7) is 4.03. The van der Waals surface area contributed by atoms with E-state index in [-0.39, 0.29) is 12.4 Å². The van der Waals surface area contributed by atoms with Gasteiger partial charge in [0.1, 0.15) is 36.4 Å². The third-order valence-corrected chi connectivity index (χ3v) is 11.1. The highest BCUT2D eigenvalue weighted by molar-refractivity contribution is 7.95. The summed E-state index contributed by atoms with van der Waals surface area (Å²) in [5, 5.41) is 4.05. The fraction of sp³-hybridized carbons (Fsp3) is 0.273. The minimum absolute atomic E-state index is 0. The molecule has 0 atom stereocenters. The third kappa shape index (κ3) is 7.63. The Hall–Kier alpha value is -2.92. The molecule has 7 heteroatoms. The first-order valence-electron chi connectivity index (χ1n) is 13.5. The van der Waals surface area contributed by atoms with Crippen molar-refractivity contribution < 1.29 is 36.1 Å². The quantitative estimate of drug-likeness (QED) is 0.339. The number of benzene rings is 4. The minimum Gasteiger partial charge on any atom is -1.00 e. The van der Waals surface area contributed by atoms with Crippen LogP contribution in [0, 0.1) is 0 Å². The molecule has 0 saturated heterocycles. The van der Waals surface area contributed by atoms with E-state index in [4.69, 9.17) is 23.7 Å². The molecule has 0 N–H and O–H groups in total. The van der Waals surface area contributed by atoms with Crippen molar-refractivity contribution in [1.29, 1.82) is 0 Å². The van der Waals surface area contributed by atoms with Gasteiger partial charge in [0.05, 0.1) is 45.8 Å². The number of rotatable bonds is 5. The van der Waals surface area contributed by atoms with Gasteiger partial charge in [-0.2, -0.15) is 0 Å². The largest absolute Gasteiger partial charge is 1.00 e. The van der Waals surface area contributed by atoms with Crippen LogP contribution in [0.2, 0.25) is 0 Å². The molecule has 1 aliphatic heterocycles. The molecular weight excluding hydrogens is 543 g/mol. The average molecular weight is 579 g/mol. The van der Waals surface area contributed by atoms with Crippen LogP contribution < -0.4 is 37.8 Å². The fourth-order valence-electron chi connectivity index (χ4n) is 4.89. The molecule has 0 fully saturated rings. The monoisotopic (exact) mass is 578 g/mol. The molecule has 5 nitrogen and oxygen atoms in total. The van der Waals surface area contributed by atoms with E-state index in [2.05, 4.69) is 103 Å². The van der Waals surface area contributed by atoms with E-state index in [1.807, 2.05) is 6.07 Å². The number of hydrogen-bond acceptors (Lipinski definition) is 5. The van der Waals surface area contributed by atoms with Gasteiger partial charge < -0.3 is 36.1 Å². The smallest absolute Gasteiger partial charge is 0.161 e. The van der Waals surface area contributed by atoms with Crippen LogP contribution in [0.3, 0.4) is 0 Å². The number of ether oxygens (including phenoxy) is 5. The van der Waals surface area contributed by atoms with Crippen molar-refractivity contribution in [3.05, 3.63) is 115 Å². The van der Waals surface area contributed by atoms with Crippen molar-refractivity contribution >= 4 is 23.2 Å². The van der Waals surface area contributed by atoms with Gasteiger partial charge in [0.25, 0.3) is 0 Å². The zero-order valence-corrected chi connectivity index (χ0v) is 24.3. The van der Waals surface area contributed by atoms with Crippen LogP contribution in [-0.2, 0) is 20.4 Å². The zero-order chi connectivity index (χ0) is 26.6. The molecule has 1 heterocycles. The van der Waals surface area contributed by atoms with Gasteiger partial charge in [-0.3, -0.25) is 0 Å². The van der Waals surface area contributed by atoms with Crippen LogP contribution in [0.5, 0.6) is 11.5 Å².